The second-order valence-electron chi connectivity index (χ2n) is 4.52. The van der Waals surface area contributed by atoms with Crippen molar-refractivity contribution >= 4 is 29.0 Å². The van der Waals surface area contributed by atoms with E-state index < -0.39 is 0 Å². The van der Waals surface area contributed by atoms with Gasteiger partial charge in [-0.1, -0.05) is 17.7 Å². The number of rotatable bonds is 3. The fourth-order valence-electron chi connectivity index (χ4n) is 1.90. The van der Waals surface area contributed by atoms with E-state index in [9.17, 15) is 9.59 Å². The SMILES string of the molecule is CC(=O)c1c(Nc2cccc(Cl)c2C)oc(C)cc1=O. The largest absolute Gasteiger partial charge is 0.445 e. The highest BCUT2D eigenvalue weighted by atomic mass is 35.5. The molecule has 0 aliphatic heterocycles. The van der Waals surface area contributed by atoms with Gasteiger partial charge in [0.2, 0.25) is 5.88 Å². The standard InChI is InChI=1S/C15H14ClNO3/c1-8-7-13(19)14(10(3)18)15(20-8)17-12-6-4-5-11(16)9(12)2/h4-7,17H,1-3H3. The molecule has 1 aromatic carbocycles. The van der Waals surface area contributed by atoms with Crippen molar-refractivity contribution in [2.24, 2.45) is 0 Å². The predicted molar refractivity (Wildman–Crippen MR) is 79.2 cm³/mol. The van der Waals surface area contributed by atoms with Crippen LogP contribution in [0.25, 0.3) is 0 Å². The van der Waals surface area contributed by atoms with E-state index >= 15 is 0 Å². The van der Waals surface area contributed by atoms with Crippen LogP contribution in [-0.2, 0) is 0 Å². The first-order chi connectivity index (χ1) is 9.40. The number of hydrogen-bond donors (Lipinski definition) is 1. The summed E-state index contributed by atoms with van der Waals surface area (Å²) in [6.07, 6.45) is 0. The number of carbonyl (C=O) groups is 1. The molecule has 0 fully saturated rings. The van der Waals surface area contributed by atoms with Crippen molar-refractivity contribution < 1.29 is 9.21 Å². The lowest BCUT2D eigenvalue weighted by Gasteiger charge is -2.12. The minimum atomic E-state index is -0.358. The van der Waals surface area contributed by atoms with Gasteiger partial charge in [-0.3, -0.25) is 9.59 Å². The van der Waals surface area contributed by atoms with Gasteiger partial charge in [-0.25, -0.2) is 0 Å². The van der Waals surface area contributed by atoms with Gasteiger partial charge in [0.15, 0.2) is 11.2 Å². The molecule has 0 atom stereocenters. The molecule has 0 radical (unpaired) electrons. The molecule has 2 rings (SSSR count). The molecule has 0 aliphatic rings. The first-order valence-corrected chi connectivity index (χ1v) is 6.45. The van der Waals surface area contributed by atoms with Crippen LogP contribution in [0.4, 0.5) is 11.6 Å². The van der Waals surface area contributed by atoms with Gasteiger partial charge in [-0.05, 0) is 38.5 Å². The number of halogens is 1. The Morgan fingerprint density at radius 3 is 2.65 bits per heavy atom. The number of Topliss-reactive ketones (excluding diaryl/α,β-unsaturated/α-hetero) is 1. The first-order valence-electron chi connectivity index (χ1n) is 6.08. The number of benzene rings is 1. The third-order valence-electron chi connectivity index (χ3n) is 2.94. The summed E-state index contributed by atoms with van der Waals surface area (Å²) in [4.78, 5) is 23.5. The summed E-state index contributed by atoms with van der Waals surface area (Å²) < 4.78 is 5.47. The predicted octanol–water partition coefficient (Wildman–Crippen LogP) is 3.86. The number of anilines is 2. The Hall–Kier alpha value is -2.07. The van der Waals surface area contributed by atoms with Gasteiger partial charge in [0.05, 0.1) is 0 Å². The number of aryl methyl sites for hydroxylation is 1. The molecule has 0 bridgehead atoms. The third-order valence-corrected chi connectivity index (χ3v) is 3.35. The highest BCUT2D eigenvalue weighted by molar-refractivity contribution is 6.31. The molecule has 0 saturated heterocycles. The summed E-state index contributed by atoms with van der Waals surface area (Å²) in [7, 11) is 0. The molecule has 4 nitrogen and oxygen atoms in total. The van der Waals surface area contributed by atoms with Gasteiger partial charge in [0.25, 0.3) is 0 Å². The fraction of sp³-hybridized carbons (Fsp3) is 0.200. The van der Waals surface area contributed by atoms with E-state index in [4.69, 9.17) is 16.0 Å². The number of hydrogen-bond acceptors (Lipinski definition) is 4. The maximum Gasteiger partial charge on any atom is 0.212 e. The van der Waals surface area contributed by atoms with Crippen molar-refractivity contribution in [1.82, 2.24) is 0 Å². The van der Waals surface area contributed by atoms with E-state index in [1.807, 2.05) is 6.92 Å². The monoisotopic (exact) mass is 291 g/mol. The molecule has 0 saturated carbocycles. The topological polar surface area (TPSA) is 59.3 Å². The molecular weight excluding hydrogens is 278 g/mol. The van der Waals surface area contributed by atoms with Crippen LogP contribution in [0.5, 0.6) is 0 Å². The lowest BCUT2D eigenvalue weighted by molar-refractivity contribution is 0.101. The highest BCUT2D eigenvalue weighted by Gasteiger charge is 2.16. The van der Waals surface area contributed by atoms with E-state index in [2.05, 4.69) is 5.32 Å². The number of nitrogens with one attached hydrogen (secondary N) is 1. The Kier molecular flexibility index (Phi) is 3.95. The summed E-state index contributed by atoms with van der Waals surface area (Å²) in [5.74, 6) is 0.232. The van der Waals surface area contributed by atoms with Crippen LogP contribution in [0.15, 0.2) is 33.5 Å². The lowest BCUT2D eigenvalue weighted by atomic mass is 10.1. The minimum Gasteiger partial charge on any atom is -0.445 e. The molecule has 1 aromatic heterocycles. The minimum absolute atomic E-state index is 0.00924. The molecule has 0 spiro atoms. The van der Waals surface area contributed by atoms with Gasteiger partial charge >= 0.3 is 0 Å². The van der Waals surface area contributed by atoms with Crippen molar-refractivity contribution in [2.45, 2.75) is 20.8 Å². The van der Waals surface area contributed by atoms with Crippen molar-refractivity contribution in [3.63, 3.8) is 0 Å². The Morgan fingerprint density at radius 1 is 1.30 bits per heavy atom. The average Bonchev–Trinajstić information content (AvgIpc) is 2.33. The second kappa shape index (κ2) is 5.51. The summed E-state index contributed by atoms with van der Waals surface area (Å²) in [6.45, 7) is 4.82. The van der Waals surface area contributed by atoms with Crippen LogP contribution >= 0.6 is 11.6 Å². The van der Waals surface area contributed by atoms with Gasteiger partial charge in [0.1, 0.15) is 11.3 Å². The van der Waals surface area contributed by atoms with Crippen LogP contribution in [0.2, 0.25) is 5.02 Å². The zero-order valence-corrected chi connectivity index (χ0v) is 12.2. The van der Waals surface area contributed by atoms with Crippen LogP contribution in [0.1, 0.15) is 28.6 Å². The average molecular weight is 292 g/mol. The smallest absolute Gasteiger partial charge is 0.212 e. The Morgan fingerprint density at radius 2 is 2.00 bits per heavy atom. The molecule has 1 heterocycles. The molecule has 5 heteroatoms. The number of carbonyl (C=O) groups excluding carboxylic acids is 1. The quantitative estimate of drug-likeness (QED) is 0.873. The van der Waals surface area contributed by atoms with Gasteiger partial charge < -0.3 is 9.73 Å². The van der Waals surface area contributed by atoms with Crippen molar-refractivity contribution in [3.8, 4) is 0 Å². The maximum absolute atomic E-state index is 11.9. The normalized spacial score (nSPS) is 10.4. The van der Waals surface area contributed by atoms with Gasteiger partial charge in [-0.15, -0.1) is 0 Å². The van der Waals surface area contributed by atoms with Crippen LogP contribution in [-0.4, -0.2) is 5.78 Å². The summed E-state index contributed by atoms with van der Waals surface area (Å²) >= 11 is 6.05. The summed E-state index contributed by atoms with van der Waals surface area (Å²) in [5, 5.41) is 3.56. The second-order valence-corrected chi connectivity index (χ2v) is 4.93. The Balaban J connectivity index is 2.56. The van der Waals surface area contributed by atoms with Gasteiger partial charge in [0, 0.05) is 16.8 Å². The molecule has 104 valence electrons. The molecule has 0 amide bonds. The summed E-state index contributed by atoms with van der Waals surface area (Å²) in [5.41, 5.74) is 1.15. The van der Waals surface area contributed by atoms with E-state index in [-0.39, 0.29) is 22.7 Å². The Bertz CT molecular complexity index is 734. The molecule has 0 unspecified atom stereocenters. The van der Waals surface area contributed by atoms with Crippen LogP contribution < -0.4 is 10.7 Å². The van der Waals surface area contributed by atoms with Crippen molar-refractivity contribution in [2.75, 3.05) is 5.32 Å². The molecule has 2 aromatic rings. The molecule has 20 heavy (non-hydrogen) atoms. The zero-order valence-electron chi connectivity index (χ0n) is 11.4. The Labute approximate surface area is 121 Å². The third kappa shape index (κ3) is 2.75. The number of ketones is 1. The van der Waals surface area contributed by atoms with Gasteiger partial charge in [-0.2, -0.15) is 0 Å². The summed E-state index contributed by atoms with van der Waals surface area (Å²) in [6, 6.07) is 6.64. The zero-order chi connectivity index (χ0) is 14.9. The maximum atomic E-state index is 11.9. The molecule has 1 N–H and O–H groups in total. The van der Waals surface area contributed by atoms with Crippen molar-refractivity contribution in [3.05, 3.63) is 56.4 Å². The van der Waals surface area contributed by atoms with E-state index in [0.717, 1.165) is 5.56 Å². The fourth-order valence-corrected chi connectivity index (χ4v) is 2.07. The molecule has 0 aliphatic carbocycles. The van der Waals surface area contributed by atoms with Crippen LogP contribution in [0.3, 0.4) is 0 Å². The lowest BCUT2D eigenvalue weighted by Crippen LogP contribution is -2.15. The van der Waals surface area contributed by atoms with Crippen molar-refractivity contribution in [1.29, 1.82) is 0 Å². The van der Waals surface area contributed by atoms with E-state index in [1.54, 1.807) is 25.1 Å². The van der Waals surface area contributed by atoms with E-state index in [1.165, 1.54) is 13.0 Å². The first kappa shape index (κ1) is 14.3. The van der Waals surface area contributed by atoms with E-state index in [0.29, 0.717) is 16.5 Å². The van der Waals surface area contributed by atoms with Crippen LogP contribution in [0, 0.1) is 13.8 Å². The molecular formula is C15H14ClNO3. The highest BCUT2D eigenvalue weighted by Crippen LogP contribution is 2.27.